The van der Waals surface area contributed by atoms with E-state index in [0.29, 0.717) is 30.5 Å². The fourth-order valence-electron chi connectivity index (χ4n) is 1.73. The van der Waals surface area contributed by atoms with Crippen molar-refractivity contribution in [1.29, 1.82) is 0 Å². The van der Waals surface area contributed by atoms with Crippen LogP contribution in [0.25, 0.3) is 0 Å². The fraction of sp³-hybridized carbons (Fsp3) is 0.333. The van der Waals surface area contributed by atoms with Gasteiger partial charge in [0.1, 0.15) is 12.0 Å². The summed E-state index contributed by atoms with van der Waals surface area (Å²) in [5.41, 5.74) is 7.64. The largest absolute Gasteiger partial charge is 0.476 e. The number of nitrogens with two attached hydrogens (primary N) is 1. The maximum absolute atomic E-state index is 6.02. The standard InChI is InChI=1S/C15H20N4O/c1-2-3-9-20-15-13(16)14(18-11-19-15)17-10-12-7-5-4-6-8-12/h4-8,11H,2-3,9-10,16H2,1H3,(H,17,18,19). The Kier molecular flexibility index (Phi) is 5.17. The van der Waals surface area contributed by atoms with Crippen LogP contribution in [0.2, 0.25) is 0 Å². The van der Waals surface area contributed by atoms with Crippen LogP contribution in [0, 0.1) is 0 Å². The van der Waals surface area contributed by atoms with Crippen molar-refractivity contribution in [3.05, 3.63) is 42.2 Å². The van der Waals surface area contributed by atoms with Gasteiger partial charge in [-0.2, -0.15) is 4.98 Å². The van der Waals surface area contributed by atoms with Crippen LogP contribution in [0.1, 0.15) is 25.3 Å². The monoisotopic (exact) mass is 272 g/mol. The molecule has 106 valence electrons. The van der Waals surface area contributed by atoms with Gasteiger partial charge in [0, 0.05) is 6.54 Å². The fourth-order valence-corrected chi connectivity index (χ4v) is 1.73. The van der Waals surface area contributed by atoms with Crippen molar-refractivity contribution in [3.8, 4) is 5.88 Å². The first-order chi connectivity index (χ1) is 9.81. The summed E-state index contributed by atoms with van der Waals surface area (Å²) < 4.78 is 5.55. The number of nitrogens with one attached hydrogen (secondary N) is 1. The van der Waals surface area contributed by atoms with Gasteiger partial charge in [-0.25, -0.2) is 4.98 Å². The number of rotatable bonds is 7. The topological polar surface area (TPSA) is 73.1 Å². The summed E-state index contributed by atoms with van der Waals surface area (Å²) in [7, 11) is 0. The van der Waals surface area contributed by atoms with Gasteiger partial charge in [-0.15, -0.1) is 0 Å². The van der Waals surface area contributed by atoms with Crippen LogP contribution in [0.4, 0.5) is 11.5 Å². The summed E-state index contributed by atoms with van der Waals surface area (Å²) in [6, 6.07) is 10.1. The van der Waals surface area contributed by atoms with Gasteiger partial charge >= 0.3 is 0 Å². The molecule has 0 aliphatic rings. The Hall–Kier alpha value is -2.30. The van der Waals surface area contributed by atoms with Crippen molar-refractivity contribution < 1.29 is 4.74 Å². The molecule has 0 saturated carbocycles. The van der Waals surface area contributed by atoms with Crippen LogP contribution in [-0.4, -0.2) is 16.6 Å². The molecule has 5 nitrogen and oxygen atoms in total. The van der Waals surface area contributed by atoms with Gasteiger partial charge in [-0.05, 0) is 12.0 Å². The van der Waals surface area contributed by atoms with Gasteiger partial charge < -0.3 is 15.8 Å². The average Bonchev–Trinajstić information content (AvgIpc) is 2.49. The molecule has 1 heterocycles. The highest BCUT2D eigenvalue weighted by molar-refractivity contribution is 5.66. The second-order valence-corrected chi connectivity index (χ2v) is 4.48. The van der Waals surface area contributed by atoms with E-state index in [1.165, 1.54) is 11.9 Å². The number of hydrogen-bond donors (Lipinski definition) is 2. The van der Waals surface area contributed by atoms with Gasteiger partial charge in [0.05, 0.1) is 6.61 Å². The first kappa shape index (κ1) is 14.1. The number of benzene rings is 1. The van der Waals surface area contributed by atoms with E-state index in [-0.39, 0.29) is 0 Å². The van der Waals surface area contributed by atoms with Crippen LogP contribution < -0.4 is 15.8 Å². The zero-order chi connectivity index (χ0) is 14.2. The molecule has 0 amide bonds. The Morgan fingerprint density at radius 3 is 2.75 bits per heavy atom. The van der Waals surface area contributed by atoms with Crippen LogP contribution >= 0.6 is 0 Å². The van der Waals surface area contributed by atoms with Crippen molar-refractivity contribution in [1.82, 2.24) is 9.97 Å². The quantitative estimate of drug-likeness (QED) is 0.758. The third kappa shape index (κ3) is 3.85. The van der Waals surface area contributed by atoms with Gasteiger partial charge in [-0.3, -0.25) is 0 Å². The molecule has 0 aliphatic carbocycles. The minimum Gasteiger partial charge on any atom is -0.476 e. The summed E-state index contributed by atoms with van der Waals surface area (Å²) in [5.74, 6) is 1.05. The van der Waals surface area contributed by atoms with E-state index in [1.54, 1.807) is 0 Å². The normalized spacial score (nSPS) is 10.2. The van der Waals surface area contributed by atoms with E-state index in [0.717, 1.165) is 12.8 Å². The van der Waals surface area contributed by atoms with E-state index in [4.69, 9.17) is 10.5 Å². The molecule has 0 unspecified atom stereocenters. The number of ether oxygens (including phenoxy) is 1. The van der Waals surface area contributed by atoms with E-state index in [1.807, 2.05) is 30.3 Å². The number of anilines is 2. The molecule has 5 heteroatoms. The maximum atomic E-state index is 6.02. The highest BCUT2D eigenvalue weighted by Gasteiger charge is 2.08. The molecule has 20 heavy (non-hydrogen) atoms. The Bertz CT molecular complexity index is 531. The molecule has 0 aliphatic heterocycles. The molecular formula is C15H20N4O. The number of nitrogens with zero attached hydrogens (tertiary/aromatic N) is 2. The third-order valence-corrected chi connectivity index (χ3v) is 2.89. The molecule has 0 fully saturated rings. The molecule has 2 aromatic rings. The van der Waals surface area contributed by atoms with E-state index in [2.05, 4.69) is 22.2 Å². The molecule has 1 aromatic heterocycles. The Morgan fingerprint density at radius 2 is 2.00 bits per heavy atom. The average molecular weight is 272 g/mol. The lowest BCUT2D eigenvalue weighted by molar-refractivity contribution is 0.299. The van der Waals surface area contributed by atoms with Crippen molar-refractivity contribution in [3.63, 3.8) is 0 Å². The lowest BCUT2D eigenvalue weighted by atomic mass is 10.2. The molecule has 0 saturated heterocycles. The minimum absolute atomic E-state index is 0.448. The second-order valence-electron chi connectivity index (χ2n) is 4.48. The lowest BCUT2D eigenvalue weighted by Crippen LogP contribution is -2.08. The van der Waals surface area contributed by atoms with Gasteiger partial charge in [0.15, 0.2) is 5.82 Å². The predicted molar refractivity (Wildman–Crippen MR) is 80.6 cm³/mol. The van der Waals surface area contributed by atoms with Gasteiger partial charge in [0.25, 0.3) is 0 Å². The first-order valence-electron chi connectivity index (χ1n) is 6.82. The SMILES string of the molecule is CCCCOc1ncnc(NCc2ccccc2)c1N. The molecule has 0 radical (unpaired) electrons. The predicted octanol–water partition coefficient (Wildman–Crippen LogP) is 2.85. The molecule has 1 aromatic carbocycles. The molecule has 0 spiro atoms. The van der Waals surface area contributed by atoms with Crippen LogP contribution in [0.15, 0.2) is 36.7 Å². The molecule has 2 rings (SSSR count). The molecule has 0 bridgehead atoms. The summed E-state index contributed by atoms with van der Waals surface area (Å²) in [6.45, 7) is 3.39. The Morgan fingerprint density at radius 1 is 1.20 bits per heavy atom. The minimum atomic E-state index is 0.448. The number of aromatic nitrogens is 2. The van der Waals surface area contributed by atoms with Gasteiger partial charge in [-0.1, -0.05) is 43.7 Å². The van der Waals surface area contributed by atoms with Crippen LogP contribution in [-0.2, 0) is 6.54 Å². The molecule has 3 N–H and O–H groups in total. The summed E-state index contributed by atoms with van der Waals surface area (Å²) >= 11 is 0. The van der Waals surface area contributed by atoms with Crippen molar-refractivity contribution in [2.75, 3.05) is 17.7 Å². The number of hydrogen-bond acceptors (Lipinski definition) is 5. The highest BCUT2D eigenvalue weighted by Crippen LogP contribution is 2.25. The zero-order valence-electron chi connectivity index (χ0n) is 11.7. The van der Waals surface area contributed by atoms with E-state index < -0.39 is 0 Å². The molecular weight excluding hydrogens is 252 g/mol. The highest BCUT2D eigenvalue weighted by atomic mass is 16.5. The Labute approximate surface area is 119 Å². The summed E-state index contributed by atoms with van der Waals surface area (Å²) in [4.78, 5) is 8.22. The Balaban J connectivity index is 1.99. The number of unbranched alkanes of at least 4 members (excludes halogenated alkanes) is 1. The third-order valence-electron chi connectivity index (χ3n) is 2.89. The second kappa shape index (κ2) is 7.33. The lowest BCUT2D eigenvalue weighted by Gasteiger charge is -2.11. The van der Waals surface area contributed by atoms with Crippen LogP contribution in [0.3, 0.4) is 0 Å². The van der Waals surface area contributed by atoms with Crippen molar-refractivity contribution >= 4 is 11.5 Å². The van der Waals surface area contributed by atoms with E-state index in [9.17, 15) is 0 Å². The summed E-state index contributed by atoms with van der Waals surface area (Å²) in [5, 5.41) is 3.20. The summed E-state index contributed by atoms with van der Waals surface area (Å²) in [6.07, 6.45) is 3.52. The van der Waals surface area contributed by atoms with Crippen LogP contribution in [0.5, 0.6) is 5.88 Å². The van der Waals surface area contributed by atoms with E-state index >= 15 is 0 Å². The number of nitrogen functional groups attached to an aromatic ring is 1. The van der Waals surface area contributed by atoms with Crippen molar-refractivity contribution in [2.45, 2.75) is 26.3 Å². The van der Waals surface area contributed by atoms with Crippen molar-refractivity contribution in [2.24, 2.45) is 0 Å². The smallest absolute Gasteiger partial charge is 0.242 e. The zero-order valence-corrected chi connectivity index (χ0v) is 11.7. The molecule has 0 atom stereocenters. The maximum Gasteiger partial charge on any atom is 0.242 e. The first-order valence-corrected chi connectivity index (χ1v) is 6.82. The van der Waals surface area contributed by atoms with Gasteiger partial charge in [0.2, 0.25) is 5.88 Å².